The summed E-state index contributed by atoms with van der Waals surface area (Å²) in [5.74, 6) is 1.50. The van der Waals surface area contributed by atoms with E-state index in [1.807, 2.05) is 0 Å². The molecule has 3 nitrogen and oxygen atoms in total. The highest BCUT2D eigenvalue weighted by Crippen LogP contribution is 2.28. The summed E-state index contributed by atoms with van der Waals surface area (Å²) in [6, 6.07) is 0. The van der Waals surface area contributed by atoms with Crippen molar-refractivity contribution in [3.05, 3.63) is 10.4 Å². The van der Waals surface area contributed by atoms with Gasteiger partial charge >= 0.3 is 0 Å². The van der Waals surface area contributed by atoms with Gasteiger partial charge in [0.2, 0.25) is 0 Å². The molecule has 1 saturated carbocycles. The maximum atomic E-state index is 8.12. The molecule has 0 spiro atoms. The molecule has 0 amide bonds. The summed E-state index contributed by atoms with van der Waals surface area (Å²) in [6.45, 7) is 2.99. The summed E-state index contributed by atoms with van der Waals surface area (Å²) in [4.78, 5) is 2.78. The van der Waals surface area contributed by atoms with Crippen LogP contribution in [0.4, 0.5) is 0 Å². The monoisotopic (exact) mass is 153 g/mol. The molecule has 1 aliphatic rings. The second kappa shape index (κ2) is 4.24. The minimum Gasteiger partial charge on any atom is -0.0937 e. The second-order valence-electron chi connectivity index (χ2n) is 3.55. The molecule has 2 atom stereocenters. The van der Waals surface area contributed by atoms with E-state index in [1.54, 1.807) is 0 Å². The zero-order valence-corrected chi connectivity index (χ0v) is 7.03. The first kappa shape index (κ1) is 8.41. The molecule has 2 unspecified atom stereocenters. The number of hydrogen-bond donors (Lipinski definition) is 0. The van der Waals surface area contributed by atoms with Crippen molar-refractivity contribution in [2.24, 2.45) is 17.0 Å². The van der Waals surface area contributed by atoms with Gasteiger partial charge < -0.3 is 0 Å². The Morgan fingerprint density at radius 1 is 1.55 bits per heavy atom. The maximum absolute atomic E-state index is 8.12. The first-order valence-electron chi connectivity index (χ1n) is 4.33. The normalized spacial score (nSPS) is 31.0. The van der Waals surface area contributed by atoms with Gasteiger partial charge in [-0.1, -0.05) is 31.3 Å². The van der Waals surface area contributed by atoms with E-state index in [1.165, 1.54) is 25.7 Å². The number of hydrogen-bond acceptors (Lipinski definition) is 1. The van der Waals surface area contributed by atoms with Gasteiger partial charge in [-0.3, -0.25) is 0 Å². The SMILES string of the molecule is CC1CCCC(CN=[N+]=[N-])C1. The van der Waals surface area contributed by atoms with E-state index >= 15 is 0 Å². The van der Waals surface area contributed by atoms with E-state index in [9.17, 15) is 0 Å². The van der Waals surface area contributed by atoms with Gasteiger partial charge in [-0.15, -0.1) is 0 Å². The minimum atomic E-state index is 0.662. The molecule has 11 heavy (non-hydrogen) atoms. The summed E-state index contributed by atoms with van der Waals surface area (Å²) in [6.07, 6.45) is 5.17. The van der Waals surface area contributed by atoms with Gasteiger partial charge in [0.15, 0.2) is 0 Å². The van der Waals surface area contributed by atoms with E-state index in [-0.39, 0.29) is 0 Å². The van der Waals surface area contributed by atoms with E-state index in [0.717, 1.165) is 5.92 Å². The molecule has 62 valence electrons. The number of azide groups is 1. The van der Waals surface area contributed by atoms with Gasteiger partial charge in [-0.2, -0.15) is 0 Å². The molecule has 0 heterocycles. The smallest absolute Gasteiger partial charge is 0.0286 e. The molecule has 0 aliphatic heterocycles. The van der Waals surface area contributed by atoms with Crippen LogP contribution in [0.5, 0.6) is 0 Å². The average molecular weight is 153 g/mol. The second-order valence-corrected chi connectivity index (χ2v) is 3.55. The minimum absolute atomic E-state index is 0.662. The van der Waals surface area contributed by atoms with Crippen molar-refractivity contribution in [3.63, 3.8) is 0 Å². The van der Waals surface area contributed by atoms with Gasteiger partial charge in [0.05, 0.1) is 0 Å². The summed E-state index contributed by atoms with van der Waals surface area (Å²) < 4.78 is 0. The third kappa shape index (κ3) is 2.81. The fraction of sp³-hybridized carbons (Fsp3) is 1.00. The predicted octanol–water partition coefficient (Wildman–Crippen LogP) is 3.12. The quantitative estimate of drug-likeness (QED) is 0.332. The molecule has 0 aromatic rings. The van der Waals surface area contributed by atoms with Crippen LogP contribution in [0.2, 0.25) is 0 Å². The van der Waals surface area contributed by atoms with E-state index in [4.69, 9.17) is 5.53 Å². The molecule has 3 heteroatoms. The summed E-state index contributed by atoms with van der Waals surface area (Å²) in [7, 11) is 0. The first-order valence-corrected chi connectivity index (χ1v) is 4.33. The van der Waals surface area contributed by atoms with Gasteiger partial charge in [-0.05, 0) is 23.8 Å². The third-order valence-corrected chi connectivity index (χ3v) is 2.45. The van der Waals surface area contributed by atoms with Gasteiger partial charge in [-0.25, -0.2) is 0 Å². The van der Waals surface area contributed by atoms with Crippen LogP contribution in [-0.4, -0.2) is 6.54 Å². The molecule has 0 saturated heterocycles. The molecule has 0 N–H and O–H groups in total. The molecule has 0 aromatic carbocycles. The molecule has 0 bridgehead atoms. The molecular formula is C8H15N3. The van der Waals surface area contributed by atoms with Crippen molar-refractivity contribution in [2.75, 3.05) is 6.54 Å². The number of nitrogens with zero attached hydrogens (tertiary/aromatic N) is 3. The summed E-state index contributed by atoms with van der Waals surface area (Å²) in [5, 5.41) is 3.61. The van der Waals surface area contributed by atoms with Crippen molar-refractivity contribution in [2.45, 2.75) is 32.6 Å². The Kier molecular flexibility index (Phi) is 3.24. The lowest BCUT2D eigenvalue weighted by Crippen LogP contribution is -2.15. The van der Waals surface area contributed by atoms with Gasteiger partial charge in [0.25, 0.3) is 0 Å². The largest absolute Gasteiger partial charge is 0.0937 e. The number of rotatable bonds is 2. The topological polar surface area (TPSA) is 48.8 Å². The van der Waals surface area contributed by atoms with Crippen molar-refractivity contribution >= 4 is 0 Å². The molecule has 1 rings (SSSR count). The Hall–Kier alpha value is -0.690. The molecule has 0 radical (unpaired) electrons. The van der Waals surface area contributed by atoms with Crippen LogP contribution in [0.25, 0.3) is 10.4 Å². The Labute approximate surface area is 67.4 Å². The lowest BCUT2D eigenvalue weighted by Gasteiger charge is -2.24. The molecular weight excluding hydrogens is 138 g/mol. The zero-order valence-electron chi connectivity index (χ0n) is 7.03. The molecule has 1 aliphatic carbocycles. The molecule has 1 fully saturated rings. The van der Waals surface area contributed by atoms with E-state index in [0.29, 0.717) is 12.5 Å². The van der Waals surface area contributed by atoms with Crippen LogP contribution in [-0.2, 0) is 0 Å². The van der Waals surface area contributed by atoms with Crippen molar-refractivity contribution in [1.82, 2.24) is 0 Å². The fourth-order valence-corrected chi connectivity index (χ4v) is 1.88. The van der Waals surface area contributed by atoms with Crippen LogP contribution in [0.3, 0.4) is 0 Å². The molecule has 0 aromatic heterocycles. The standard InChI is InChI=1S/C8H15N3/c1-7-3-2-4-8(5-7)6-10-11-9/h7-8H,2-6H2,1H3. The highest BCUT2D eigenvalue weighted by molar-refractivity contribution is 4.72. The van der Waals surface area contributed by atoms with Gasteiger partial charge in [0.1, 0.15) is 0 Å². The predicted molar refractivity (Wildman–Crippen MR) is 45.1 cm³/mol. The lowest BCUT2D eigenvalue weighted by atomic mass is 9.83. The highest BCUT2D eigenvalue weighted by Gasteiger charge is 2.17. The highest BCUT2D eigenvalue weighted by atomic mass is 15.1. The zero-order chi connectivity index (χ0) is 8.10. The van der Waals surface area contributed by atoms with Crippen LogP contribution in [0.15, 0.2) is 5.11 Å². The van der Waals surface area contributed by atoms with Gasteiger partial charge in [0, 0.05) is 11.5 Å². The summed E-state index contributed by atoms with van der Waals surface area (Å²) >= 11 is 0. The van der Waals surface area contributed by atoms with Crippen LogP contribution in [0.1, 0.15) is 32.6 Å². The third-order valence-electron chi connectivity index (χ3n) is 2.45. The maximum Gasteiger partial charge on any atom is 0.0286 e. The van der Waals surface area contributed by atoms with E-state index in [2.05, 4.69) is 16.9 Å². The van der Waals surface area contributed by atoms with Crippen LogP contribution >= 0.6 is 0 Å². The van der Waals surface area contributed by atoms with E-state index < -0.39 is 0 Å². The summed E-state index contributed by atoms with van der Waals surface area (Å²) in [5.41, 5.74) is 8.12. The Morgan fingerprint density at radius 2 is 2.36 bits per heavy atom. The van der Waals surface area contributed by atoms with Crippen LogP contribution in [0, 0.1) is 11.8 Å². The fourth-order valence-electron chi connectivity index (χ4n) is 1.88. The Morgan fingerprint density at radius 3 is 3.00 bits per heavy atom. The van der Waals surface area contributed by atoms with Crippen molar-refractivity contribution in [3.8, 4) is 0 Å². The lowest BCUT2D eigenvalue weighted by molar-refractivity contribution is 0.288. The average Bonchev–Trinajstić information content (AvgIpc) is 2.01. The van der Waals surface area contributed by atoms with Crippen molar-refractivity contribution in [1.29, 1.82) is 0 Å². The van der Waals surface area contributed by atoms with Crippen molar-refractivity contribution < 1.29 is 0 Å². The Balaban J connectivity index is 2.27. The van der Waals surface area contributed by atoms with Crippen LogP contribution < -0.4 is 0 Å². The Bertz CT molecular complexity index is 161. The first-order chi connectivity index (χ1) is 5.33.